The number of amides is 1. The van der Waals surface area contributed by atoms with Crippen LogP contribution in [0.1, 0.15) is 12.0 Å². The van der Waals surface area contributed by atoms with E-state index in [-0.39, 0.29) is 5.91 Å². The zero-order valence-electron chi connectivity index (χ0n) is 14.6. The number of aromatic nitrogens is 1. The average Bonchev–Trinajstić information content (AvgIpc) is 2.67. The maximum absolute atomic E-state index is 12.2. The number of nitrogens with one attached hydrogen (secondary N) is 2. The van der Waals surface area contributed by atoms with E-state index in [1.54, 1.807) is 6.20 Å². The van der Waals surface area contributed by atoms with Crippen molar-refractivity contribution in [1.29, 1.82) is 0 Å². The third kappa shape index (κ3) is 6.09. The highest BCUT2D eigenvalue weighted by molar-refractivity contribution is 9.10. The average molecular weight is 419 g/mol. The highest BCUT2D eigenvalue weighted by Crippen LogP contribution is 2.14. The standard InChI is InChI=1S/C19H23BrN4O2/c20-16-4-5-18(22-14-16)21-13-15-2-1-3-17(12-15)23-19(25)6-7-24-8-10-26-11-9-24/h1-5,12,14H,6-11,13H2,(H,21,22)(H,23,25). The molecule has 1 fully saturated rings. The summed E-state index contributed by atoms with van der Waals surface area (Å²) in [6.07, 6.45) is 2.25. The Morgan fingerprint density at radius 2 is 2.08 bits per heavy atom. The molecule has 7 heteroatoms. The van der Waals surface area contributed by atoms with Crippen molar-refractivity contribution in [2.24, 2.45) is 0 Å². The molecule has 0 spiro atoms. The zero-order chi connectivity index (χ0) is 18.2. The van der Waals surface area contributed by atoms with Crippen LogP contribution in [-0.4, -0.2) is 48.6 Å². The van der Waals surface area contributed by atoms with Gasteiger partial charge in [-0.2, -0.15) is 0 Å². The Morgan fingerprint density at radius 1 is 1.23 bits per heavy atom. The van der Waals surface area contributed by atoms with E-state index >= 15 is 0 Å². The molecule has 3 rings (SSSR count). The van der Waals surface area contributed by atoms with Gasteiger partial charge in [0.2, 0.25) is 5.91 Å². The summed E-state index contributed by atoms with van der Waals surface area (Å²) in [6.45, 7) is 4.72. The van der Waals surface area contributed by atoms with Crippen LogP contribution in [0, 0.1) is 0 Å². The van der Waals surface area contributed by atoms with Crippen molar-refractivity contribution in [1.82, 2.24) is 9.88 Å². The molecule has 0 radical (unpaired) electrons. The van der Waals surface area contributed by atoms with Gasteiger partial charge in [0.1, 0.15) is 5.82 Å². The number of carbonyl (C=O) groups is 1. The number of hydrogen-bond acceptors (Lipinski definition) is 5. The van der Waals surface area contributed by atoms with Gasteiger partial charge in [0.05, 0.1) is 13.2 Å². The molecule has 0 aliphatic carbocycles. The number of morpholine rings is 1. The molecule has 2 aromatic rings. The molecule has 2 N–H and O–H groups in total. The summed E-state index contributed by atoms with van der Waals surface area (Å²) in [5.74, 6) is 0.851. The van der Waals surface area contributed by atoms with Gasteiger partial charge in [0.25, 0.3) is 0 Å². The van der Waals surface area contributed by atoms with Crippen LogP contribution in [0.3, 0.4) is 0 Å². The number of benzene rings is 1. The number of carbonyl (C=O) groups excluding carboxylic acids is 1. The maximum atomic E-state index is 12.2. The summed E-state index contributed by atoms with van der Waals surface area (Å²) < 4.78 is 6.27. The highest BCUT2D eigenvalue weighted by Gasteiger charge is 2.12. The number of anilines is 2. The topological polar surface area (TPSA) is 66.5 Å². The summed E-state index contributed by atoms with van der Waals surface area (Å²) in [4.78, 5) is 18.7. The van der Waals surface area contributed by atoms with Crippen LogP contribution in [0.25, 0.3) is 0 Å². The number of halogens is 1. The predicted molar refractivity (Wildman–Crippen MR) is 106 cm³/mol. The fraction of sp³-hybridized carbons (Fsp3) is 0.368. The number of nitrogens with zero attached hydrogens (tertiary/aromatic N) is 2. The van der Waals surface area contributed by atoms with Crippen LogP contribution in [0.4, 0.5) is 11.5 Å². The lowest BCUT2D eigenvalue weighted by Gasteiger charge is -2.26. The molecule has 2 heterocycles. The van der Waals surface area contributed by atoms with Gasteiger partial charge >= 0.3 is 0 Å². The van der Waals surface area contributed by atoms with Crippen LogP contribution in [0.2, 0.25) is 0 Å². The molecular formula is C19H23BrN4O2. The Hall–Kier alpha value is -1.96. The Labute approximate surface area is 162 Å². The van der Waals surface area contributed by atoms with Gasteiger partial charge in [-0.25, -0.2) is 4.98 Å². The van der Waals surface area contributed by atoms with Crippen LogP contribution in [0.15, 0.2) is 47.1 Å². The van der Waals surface area contributed by atoms with Gasteiger partial charge in [-0.1, -0.05) is 12.1 Å². The lowest BCUT2D eigenvalue weighted by atomic mass is 10.2. The number of pyridine rings is 1. The van der Waals surface area contributed by atoms with E-state index in [1.807, 2.05) is 36.4 Å². The minimum absolute atomic E-state index is 0.0381. The van der Waals surface area contributed by atoms with E-state index in [9.17, 15) is 4.79 Å². The molecule has 0 bridgehead atoms. The van der Waals surface area contributed by atoms with Crippen molar-refractivity contribution in [3.63, 3.8) is 0 Å². The van der Waals surface area contributed by atoms with Crippen LogP contribution in [-0.2, 0) is 16.1 Å². The molecule has 1 aliphatic rings. The van der Waals surface area contributed by atoms with Crippen LogP contribution >= 0.6 is 15.9 Å². The second kappa shape index (κ2) is 9.66. The molecule has 1 aliphatic heterocycles. The first-order chi connectivity index (χ1) is 12.7. The lowest BCUT2D eigenvalue weighted by molar-refractivity contribution is -0.116. The summed E-state index contributed by atoms with van der Waals surface area (Å²) in [7, 11) is 0. The van der Waals surface area contributed by atoms with Gasteiger partial charge in [-0.15, -0.1) is 0 Å². The second-order valence-corrected chi connectivity index (χ2v) is 7.08. The first-order valence-corrected chi connectivity index (χ1v) is 9.53. The quantitative estimate of drug-likeness (QED) is 0.722. The molecule has 1 saturated heterocycles. The fourth-order valence-corrected chi connectivity index (χ4v) is 2.97. The smallest absolute Gasteiger partial charge is 0.225 e. The first-order valence-electron chi connectivity index (χ1n) is 8.73. The number of ether oxygens (including phenoxy) is 1. The minimum Gasteiger partial charge on any atom is -0.379 e. The molecule has 6 nitrogen and oxygen atoms in total. The fourth-order valence-electron chi connectivity index (χ4n) is 2.74. The molecular weight excluding hydrogens is 396 g/mol. The molecule has 1 amide bonds. The number of rotatable bonds is 7. The van der Waals surface area contributed by atoms with Gasteiger partial charge in [0.15, 0.2) is 0 Å². The highest BCUT2D eigenvalue weighted by atomic mass is 79.9. The molecule has 1 aromatic heterocycles. The van der Waals surface area contributed by atoms with E-state index in [2.05, 4.69) is 36.4 Å². The Balaban J connectivity index is 1.46. The Kier molecular flexibility index (Phi) is 6.99. The summed E-state index contributed by atoms with van der Waals surface area (Å²) in [5.41, 5.74) is 1.90. The molecule has 1 aromatic carbocycles. The van der Waals surface area contributed by atoms with Crippen molar-refractivity contribution in [3.8, 4) is 0 Å². The largest absolute Gasteiger partial charge is 0.379 e. The van der Waals surface area contributed by atoms with E-state index in [0.29, 0.717) is 13.0 Å². The van der Waals surface area contributed by atoms with E-state index in [0.717, 1.165) is 54.4 Å². The predicted octanol–water partition coefficient (Wildman–Crippen LogP) is 3.12. The van der Waals surface area contributed by atoms with Crippen molar-refractivity contribution in [3.05, 3.63) is 52.6 Å². The normalized spacial score (nSPS) is 14.8. The Morgan fingerprint density at radius 3 is 2.85 bits per heavy atom. The lowest BCUT2D eigenvalue weighted by Crippen LogP contribution is -2.38. The molecule has 0 unspecified atom stereocenters. The van der Waals surface area contributed by atoms with Crippen molar-refractivity contribution in [2.75, 3.05) is 43.5 Å². The minimum atomic E-state index is 0.0381. The molecule has 138 valence electrons. The molecule has 26 heavy (non-hydrogen) atoms. The van der Waals surface area contributed by atoms with Crippen molar-refractivity contribution < 1.29 is 9.53 Å². The summed E-state index contributed by atoms with van der Waals surface area (Å²) >= 11 is 3.37. The number of hydrogen-bond donors (Lipinski definition) is 2. The maximum Gasteiger partial charge on any atom is 0.225 e. The van der Waals surface area contributed by atoms with Gasteiger partial charge in [0, 0.05) is 49.0 Å². The van der Waals surface area contributed by atoms with Crippen molar-refractivity contribution >= 4 is 33.3 Å². The van der Waals surface area contributed by atoms with E-state index < -0.39 is 0 Å². The summed E-state index contributed by atoms with van der Waals surface area (Å²) in [6, 6.07) is 11.7. The third-order valence-corrected chi connectivity index (χ3v) is 4.64. The van der Waals surface area contributed by atoms with Gasteiger partial charge in [-0.3, -0.25) is 9.69 Å². The molecule has 0 atom stereocenters. The summed E-state index contributed by atoms with van der Waals surface area (Å²) in [5, 5.41) is 6.25. The van der Waals surface area contributed by atoms with E-state index in [4.69, 9.17) is 4.74 Å². The third-order valence-electron chi connectivity index (χ3n) is 4.17. The Bertz CT molecular complexity index is 718. The van der Waals surface area contributed by atoms with Gasteiger partial charge < -0.3 is 15.4 Å². The van der Waals surface area contributed by atoms with Gasteiger partial charge in [-0.05, 0) is 45.8 Å². The molecule has 0 saturated carbocycles. The second-order valence-electron chi connectivity index (χ2n) is 6.17. The zero-order valence-corrected chi connectivity index (χ0v) is 16.2. The van der Waals surface area contributed by atoms with E-state index in [1.165, 1.54) is 0 Å². The first kappa shape index (κ1) is 18.8. The SMILES string of the molecule is O=C(CCN1CCOCC1)Nc1cccc(CNc2ccc(Br)cn2)c1. The van der Waals surface area contributed by atoms with Crippen molar-refractivity contribution in [2.45, 2.75) is 13.0 Å². The van der Waals surface area contributed by atoms with Crippen LogP contribution in [0.5, 0.6) is 0 Å². The monoisotopic (exact) mass is 418 g/mol. The van der Waals surface area contributed by atoms with Crippen LogP contribution < -0.4 is 10.6 Å².